The number of methoxy groups -OCH3 is 1. The standard InChI is InChI=1S/C20H16N2O7S/c1-11(23)15-10-17(13-5-3-4-6-14(13)18(15)24)30(27,28)22-19(25)16-9-12(7-8-21-16)20(26)29-2/h3-10,24H,1-2H3,(H,22,25). The van der Waals surface area contributed by atoms with Gasteiger partial charge >= 0.3 is 5.97 Å². The van der Waals surface area contributed by atoms with Gasteiger partial charge in [-0.1, -0.05) is 24.3 Å². The molecule has 1 amide bonds. The van der Waals surface area contributed by atoms with Gasteiger partial charge in [-0.15, -0.1) is 0 Å². The van der Waals surface area contributed by atoms with Gasteiger partial charge in [0.15, 0.2) is 5.78 Å². The number of ether oxygens (including phenoxy) is 1. The lowest BCUT2D eigenvalue weighted by Crippen LogP contribution is -2.31. The monoisotopic (exact) mass is 428 g/mol. The zero-order valence-corrected chi connectivity index (χ0v) is 16.7. The maximum atomic E-state index is 12.9. The van der Waals surface area contributed by atoms with E-state index in [1.807, 2.05) is 4.72 Å². The average Bonchev–Trinajstić information content (AvgIpc) is 2.72. The Hall–Kier alpha value is -3.79. The van der Waals surface area contributed by atoms with E-state index in [-0.39, 0.29) is 38.2 Å². The molecule has 1 aromatic heterocycles. The summed E-state index contributed by atoms with van der Waals surface area (Å²) in [6.07, 6.45) is 1.16. The lowest BCUT2D eigenvalue weighted by Gasteiger charge is -2.13. The fourth-order valence-corrected chi connectivity index (χ4v) is 4.05. The van der Waals surface area contributed by atoms with Gasteiger partial charge < -0.3 is 9.84 Å². The summed E-state index contributed by atoms with van der Waals surface area (Å²) in [6.45, 7) is 1.18. The number of benzene rings is 2. The number of nitrogens with one attached hydrogen (secondary N) is 1. The smallest absolute Gasteiger partial charge is 0.337 e. The molecule has 0 unspecified atom stereocenters. The molecule has 0 spiro atoms. The van der Waals surface area contributed by atoms with E-state index >= 15 is 0 Å². The Morgan fingerprint density at radius 1 is 1.07 bits per heavy atom. The molecule has 1 heterocycles. The van der Waals surface area contributed by atoms with Crippen molar-refractivity contribution in [3.8, 4) is 5.75 Å². The number of aromatic nitrogens is 1. The third-order valence-electron chi connectivity index (χ3n) is 4.29. The Labute approximate surface area is 171 Å². The molecule has 0 saturated heterocycles. The average molecular weight is 428 g/mol. The third kappa shape index (κ3) is 3.85. The zero-order chi connectivity index (χ0) is 22.1. The first-order chi connectivity index (χ1) is 14.2. The van der Waals surface area contributed by atoms with Crippen LogP contribution in [-0.2, 0) is 14.8 Å². The van der Waals surface area contributed by atoms with Crippen molar-refractivity contribution in [2.45, 2.75) is 11.8 Å². The number of nitrogens with zero attached hydrogens (tertiary/aromatic N) is 1. The molecule has 0 aliphatic carbocycles. The highest BCUT2D eigenvalue weighted by atomic mass is 32.2. The first-order valence-electron chi connectivity index (χ1n) is 8.53. The molecule has 30 heavy (non-hydrogen) atoms. The van der Waals surface area contributed by atoms with Crippen LogP contribution in [0.3, 0.4) is 0 Å². The summed E-state index contributed by atoms with van der Waals surface area (Å²) < 4.78 is 32.3. The molecule has 3 rings (SSSR count). The zero-order valence-electron chi connectivity index (χ0n) is 15.9. The van der Waals surface area contributed by atoms with Crippen molar-refractivity contribution in [1.29, 1.82) is 0 Å². The van der Waals surface area contributed by atoms with Crippen LogP contribution in [0.2, 0.25) is 0 Å². The summed E-state index contributed by atoms with van der Waals surface area (Å²) in [6, 6.07) is 9.43. The maximum Gasteiger partial charge on any atom is 0.337 e. The number of sulfonamides is 1. The van der Waals surface area contributed by atoms with Gasteiger partial charge in [0.25, 0.3) is 15.9 Å². The molecule has 0 atom stereocenters. The lowest BCUT2D eigenvalue weighted by atomic mass is 10.0. The third-order valence-corrected chi connectivity index (χ3v) is 5.66. The van der Waals surface area contributed by atoms with Crippen molar-refractivity contribution in [3.63, 3.8) is 0 Å². The summed E-state index contributed by atoms with van der Waals surface area (Å²) in [5.74, 6) is -2.70. The van der Waals surface area contributed by atoms with Crippen molar-refractivity contribution in [3.05, 3.63) is 65.5 Å². The number of hydrogen-bond donors (Lipinski definition) is 2. The van der Waals surface area contributed by atoms with E-state index in [1.54, 1.807) is 12.1 Å². The molecular formula is C20H16N2O7S. The predicted molar refractivity (Wildman–Crippen MR) is 106 cm³/mol. The molecule has 0 bridgehead atoms. The topological polar surface area (TPSA) is 140 Å². The largest absolute Gasteiger partial charge is 0.507 e. The van der Waals surface area contributed by atoms with Crippen LogP contribution in [0.5, 0.6) is 5.75 Å². The van der Waals surface area contributed by atoms with Crippen LogP contribution < -0.4 is 4.72 Å². The van der Waals surface area contributed by atoms with Gasteiger partial charge in [-0.2, -0.15) is 0 Å². The molecule has 2 N–H and O–H groups in total. The minimum absolute atomic E-state index is 0.0176. The van der Waals surface area contributed by atoms with Crippen LogP contribution in [0, 0.1) is 0 Å². The number of phenols is 1. The summed E-state index contributed by atoms with van der Waals surface area (Å²) >= 11 is 0. The fraction of sp³-hybridized carbons (Fsp3) is 0.100. The number of hydrogen-bond acceptors (Lipinski definition) is 8. The summed E-state index contributed by atoms with van der Waals surface area (Å²) in [7, 11) is -3.30. The van der Waals surface area contributed by atoms with E-state index in [0.717, 1.165) is 25.4 Å². The number of aromatic hydroxyl groups is 1. The van der Waals surface area contributed by atoms with Crippen molar-refractivity contribution >= 4 is 38.5 Å². The second-order valence-corrected chi connectivity index (χ2v) is 7.88. The number of esters is 1. The highest BCUT2D eigenvalue weighted by Crippen LogP contribution is 2.34. The van der Waals surface area contributed by atoms with Crippen LogP contribution in [0.15, 0.2) is 53.6 Å². The minimum Gasteiger partial charge on any atom is -0.507 e. The van der Waals surface area contributed by atoms with Gasteiger partial charge in [0, 0.05) is 17.0 Å². The summed E-state index contributed by atoms with van der Waals surface area (Å²) in [4.78, 5) is 39.4. The second-order valence-electron chi connectivity index (χ2n) is 6.23. The maximum absolute atomic E-state index is 12.9. The molecular weight excluding hydrogens is 412 g/mol. The van der Waals surface area contributed by atoms with Crippen molar-refractivity contribution in [1.82, 2.24) is 9.71 Å². The van der Waals surface area contributed by atoms with Crippen LogP contribution in [0.4, 0.5) is 0 Å². The molecule has 9 nitrogen and oxygen atoms in total. The van der Waals surface area contributed by atoms with E-state index in [2.05, 4.69) is 9.72 Å². The first kappa shape index (κ1) is 20.9. The number of Topliss-reactive ketones (excluding diaryl/α,β-unsaturated/α-hetero) is 1. The van der Waals surface area contributed by atoms with Gasteiger partial charge in [0.05, 0.1) is 23.1 Å². The number of fused-ring (bicyclic) bond motifs is 1. The normalized spacial score (nSPS) is 11.1. The molecule has 2 aromatic carbocycles. The Bertz CT molecular complexity index is 1300. The highest BCUT2D eigenvalue weighted by Gasteiger charge is 2.26. The van der Waals surface area contributed by atoms with E-state index in [4.69, 9.17) is 0 Å². The van der Waals surface area contributed by atoms with E-state index in [9.17, 15) is 27.9 Å². The molecule has 154 valence electrons. The molecule has 0 saturated carbocycles. The van der Waals surface area contributed by atoms with Gasteiger partial charge in [0.2, 0.25) is 0 Å². The minimum atomic E-state index is -4.46. The number of ketones is 1. The Kier molecular flexibility index (Phi) is 5.52. The number of rotatable bonds is 5. The van der Waals surface area contributed by atoms with Crippen LogP contribution >= 0.6 is 0 Å². The number of carbonyl (C=O) groups excluding carboxylic acids is 3. The highest BCUT2D eigenvalue weighted by molar-refractivity contribution is 7.90. The molecule has 0 aliphatic rings. The quantitative estimate of drug-likeness (QED) is 0.465. The SMILES string of the molecule is COC(=O)c1ccnc(C(=O)NS(=O)(=O)c2cc(C(C)=O)c(O)c3ccccc23)c1. The lowest BCUT2D eigenvalue weighted by molar-refractivity contribution is 0.0600. The number of pyridine rings is 1. The van der Waals surface area contributed by atoms with Gasteiger partial charge in [0.1, 0.15) is 11.4 Å². The van der Waals surface area contributed by atoms with E-state index in [0.29, 0.717) is 0 Å². The van der Waals surface area contributed by atoms with Gasteiger partial charge in [-0.05, 0) is 25.1 Å². The Balaban J connectivity index is 2.07. The van der Waals surface area contributed by atoms with Crippen LogP contribution in [-0.4, -0.2) is 43.3 Å². The molecule has 0 aliphatic heterocycles. The Morgan fingerprint density at radius 3 is 2.37 bits per heavy atom. The number of amides is 1. The van der Waals surface area contributed by atoms with Crippen molar-refractivity contribution in [2.24, 2.45) is 0 Å². The summed E-state index contributed by atoms with van der Waals surface area (Å²) in [5.41, 5.74) is -0.507. The number of phenolic OH excluding ortho intramolecular Hbond substituents is 1. The number of carbonyl (C=O) groups is 3. The second kappa shape index (κ2) is 7.91. The first-order valence-corrected chi connectivity index (χ1v) is 10.0. The van der Waals surface area contributed by atoms with Gasteiger partial charge in [-0.3, -0.25) is 14.6 Å². The van der Waals surface area contributed by atoms with Crippen molar-refractivity contribution < 1.29 is 32.6 Å². The summed E-state index contributed by atoms with van der Waals surface area (Å²) in [5, 5.41) is 10.6. The van der Waals surface area contributed by atoms with E-state index in [1.165, 1.54) is 25.1 Å². The molecule has 3 aromatic rings. The fourth-order valence-electron chi connectivity index (χ4n) is 2.85. The predicted octanol–water partition coefficient (Wildman–Crippen LogP) is 2.05. The van der Waals surface area contributed by atoms with Gasteiger partial charge in [-0.25, -0.2) is 17.9 Å². The Morgan fingerprint density at radius 2 is 1.73 bits per heavy atom. The molecule has 0 fully saturated rings. The van der Waals surface area contributed by atoms with Crippen molar-refractivity contribution in [2.75, 3.05) is 7.11 Å². The van der Waals surface area contributed by atoms with Crippen LogP contribution in [0.25, 0.3) is 10.8 Å². The van der Waals surface area contributed by atoms with E-state index < -0.39 is 27.7 Å². The molecule has 0 radical (unpaired) electrons. The van der Waals surface area contributed by atoms with Crippen LogP contribution in [0.1, 0.15) is 38.1 Å². The molecule has 10 heteroatoms.